The molecule has 0 N–H and O–H groups in total. The van der Waals surface area contributed by atoms with E-state index in [0.29, 0.717) is 16.4 Å². The molecule has 0 amide bonds. The molecule has 0 saturated carbocycles. The number of carboxylic acids is 1. The first-order valence-electron chi connectivity index (χ1n) is 4.58. The Morgan fingerprint density at radius 1 is 1.18 bits per heavy atom. The maximum atomic E-state index is 10.6. The summed E-state index contributed by atoms with van der Waals surface area (Å²) in [6.45, 7) is 0. The molecule has 86 valence electrons. The fourth-order valence-electron chi connectivity index (χ4n) is 1.24. The molecule has 6 heteroatoms. The van der Waals surface area contributed by atoms with Crippen molar-refractivity contribution in [3.63, 3.8) is 0 Å². The highest BCUT2D eigenvalue weighted by Crippen LogP contribution is 2.20. The van der Waals surface area contributed by atoms with E-state index in [4.69, 9.17) is 23.2 Å². The van der Waals surface area contributed by atoms with E-state index in [9.17, 15) is 9.90 Å². The number of aromatic nitrogens is 2. The Hall–Kier alpha value is -1.65. The predicted octanol–water partition coefficient (Wildman–Crippen LogP) is 1.81. The van der Waals surface area contributed by atoms with Gasteiger partial charge in [-0.25, -0.2) is 9.97 Å². The monoisotopic (exact) mass is 267 g/mol. The third-order valence-electron chi connectivity index (χ3n) is 2.06. The molecule has 0 aliphatic carbocycles. The van der Waals surface area contributed by atoms with E-state index < -0.39 is 5.97 Å². The second kappa shape index (κ2) is 4.69. The third-order valence-corrected chi connectivity index (χ3v) is 2.60. The number of hydrogen-bond donors (Lipinski definition) is 0. The number of rotatable bonds is 2. The number of benzene rings is 1. The van der Waals surface area contributed by atoms with Gasteiger partial charge in [-0.1, -0.05) is 23.2 Å². The summed E-state index contributed by atoms with van der Waals surface area (Å²) in [5.41, 5.74) is 0.463. The lowest BCUT2D eigenvalue weighted by molar-refractivity contribution is -0.255. The van der Waals surface area contributed by atoms with Gasteiger partial charge in [0.15, 0.2) is 5.82 Å². The summed E-state index contributed by atoms with van der Waals surface area (Å²) in [6, 6.07) is 6.79. The topological polar surface area (TPSA) is 65.9 Å². The Balaban J connectivity index is 2.44. The van der Waals surface area contributed by atoms with Crippen LogP contribution in [-0.4, -0.2) is 15.9 Å². The zero-order chi connectivity index (χ0) is 12.4. The van der Waals surface area contributed by atoms with E-state index in [-0.39, 0.29) is 10.7 Å². The summed E-state index contributed by atoms with van der Waals surface area (Å²) in [6.07, 6.45) is 1.12. The molecule has 17 heavy (non-hydrogen) atoms. The van der Waals surface area contributed by atoms with E-state index in [1.807, 2.05) is 0 Å². The second-order valence-corrected chi connectivity index (χ2v) is 3.99. The number of carbonyl (C=O) groups excluding carboxylic acids is 1. The van der Waals surface area contributed by atoms with Crippen LogP contribution in [0.1, 0.15) is 10.4 Å². The molecule has 1 heterocycles. The number of carboxylic acid groups (broad SMARTS) is 1. The molecular formula is C11H5Cl2N2O2-. The van der Waals surface area contributed by atoms with E-state index in [2.05, 4.69) is 9.97 Å². The molecule has 1 aromatic heterocycles. The SMILES string of the molecule is O=C([O-])c1cnc(-c2ccc(Cl)cc2)nc1Cl. The van der Waals surface area contributed by atoms with Gasteiger partial charge in [-0.05, 0) is 24.3 Å². The summed E-state index contributed by atoms with van der Waals surface area (Å²) in [5, 5.41) is 11.1. The quantitative estimate of drug-likeness (QED) is 0.779. The standard InChI is InChI=1S/C11H6Cl2N2O2/c12-7-3-1-6(2-4-7)10-14-5-8(11(16)17)9(13)15-10/h1-5H,(H,16,17)/p-1. The number of carbonyl (C=O) groups is 1. The van der Waals surface area contributed by atoms with Gasteiger partial charge < -0.3 is 9.90 Å². The van der Waals surface area contributed by atoms with E-state index in [0.717, 1.165) is 6.20 Å². The maximum absolute atomic E-state index is 10.6. The molecule has 0 spiro atoms. The van der Waals surface area contributed by atoms with Gasteiger partial charge in [-0.2, -0.15) is 0 Å². The first-order chi connectivity index (χ1) is 8.08. The minimum atomic E-state index is -1.40. The number of halogens is 2. The fraction of sp³-hybridized carbons (Fsp3) is 0. The van der Waals surface area contributed by atoms with Gasteiger partial charge in [0.1, 0.15) is 5.15 Å². The average molecular weight is 268 g/mol. The maximum Gasteiger partial charge on any atom is 0.160 e. The van der Waals surface area contributed by atoms with Crippen LogP contribution >= 0.6 is 23.2 Å². The van der Waals surface area contributed by atoms with Gasteiger partial charge in [-0.15, -0.1) is 0 Å². The summed E-state index contributed by atoms with van der Waals surface area (Å²) in [7, 11) is 0. The first-order valence-corrected chi connectivity index (χ1v) is 5.33. The smallest absolute Gasteiger partial charge is 0.160 e. The van der Waals surface area contributed by atoms with Gasteiger partial charge in [0.2, 0.25) is 0 Å². The normalized spacial score (nSPS) is 10.2. The van der Waals surface area contributed by atoms with Crippen molar-refractivity contribution in [2.24, 2.45) is 0 Å². The zero-order valence-corrected chi connectivity index (χ0v) is 9.87. The van der Waals surface area contributed by atoms with Gasteiger partial charge in [-0.3, -0.25) is 0 Å². The molecular weight excluding hydrogens is 263 g/mol. The van der Waals surface area contributed by atoms with Crippen molar-refractivity contribution >= 4 is 29.2 Å². The predicted molar refractivity (Wildman–Crippen MR) is 61.8 cm³/mol. The van der Waals surface area contributed by atoms with Crippen LogP contribution in [0.4, 0.5) is 0 Å². The van der Waals surface area contributed by atoms with Gasteiger partial charge in [0, 0.05) is 16.8 Å². The van der Waals surface area contributed by atoms with Crippen molar-refractivity contribution in [1.82, 2.24) is 9.97 Å². The lowest BCUT2D eigenvalue weighted by atomic mass is 10.2. The van der Waals surface area contributed by atoms with E-state index >= 15 is 0 Å². The molecule has 4 nitrogen and oxygen atoms in total. The van der Waals surface area contributed by atoms with E-state index in [1.165, 1.54) is 0 Å². The molecule has 0 bridgehead atoms. The number of nitrogens with zero attached hydrogens (tertiary/aromatic N) is 2. The summed E-state index contributed by atoms with van der Waals surface area (Å²) >= 11 is 11.5. The van der Waals surface area contributed by atoms with Crippen LogP contribution in [0.25, 0.3) is 11.4 Å². The molecule has 0 saturated heterocycles. The zero-order valence-electron chi connectivity index (χ0n) is 8.35. The van der Waals surface area contributed by atoms with Crippen molar-refractivity contribution < 1.29 is 9.90 Å². The van der Waals surface area contributed by atoms with Crippen LogP contribution in [0.5, 0.6) is 0 Å². The van der Waals surface area contributed by atoms with Crippen LogP contribution in [0.2, 0.25) is 10.2 Å². The Labute approximate surface area is 107 Å². The molecule has 0 radical (unpaired) electrons. The average Bonchev–Trinajstić information content (AvgIpc) is 2.29. The second-order valence-electron chi connectivity index (χ2n) is 3.19. The Morgan fingerprint density at radius 3 is 2.35 bits per heavy atom. The molecule has 0 aliphatic rings. The lowest BCUT2D eigenvalue weighted by Gasteiger charge is -2.06. The fourth-order valence-corrected chi connectivity index (χ4v) is 1.57. The Morgan fingerprint density at radius 2 is 1.82 bits per heavy atom. The molecule has 0 aliphatic heterocycles. The highest BCUT2D eigenvalue weighted by Gasteiger charge is 2.07. The Bertz CT molecular complexity index is 570. The highest BCUT2D eigenvalue weighted by atomic mass is 35.5. The highest BCUT2D eigenvalue weighted by molar-refractivity contribution is 6.32. The molecule has 2 rings (SSSR count). The van der Waals surface area contributed by atoms with Crippen molar-refractivity contribution in [3.05, 3.63) is 46.2 Å². The molecule has 0 atom stereocenters. The molecule has 0 fully saturated rings. The van der Waals surface area contributed by atoms with Crippen LogP contribution in [0.3, 0.4) is 0 Å². The van der Waals surface area contributed by atoms with Gasteiger partial charge in [0.05, 0.1) is 11.5 Å². The lowest BCUT2D eigenvalue weighted by Crippen LogP contribution is -2.23. The van der Waals surface area contributed by atoms with E-state index in [1.54, 1.807) is 24.3 Å². The first kappa shape index (κ1) is 11.8. The Kier molecular flexibility index (Phi) is 3.26. The number of hydrogen-bond acceptors (Lipinski definition) is 4. The minimum Gasteiger partial charge on any atom is -0.545 e. The molecule has 0 unspecified atom stereocenters. The van der Waals surface area contributed by atoms with Crippen LogP contribution in [-0.2, 0) is 0 Å². The summed E-state index contributed by atoms with van der Waals surface area (Å²) in [4.78, 5) is 18.4. The van der Waals surface area contributed by atoms with Crippen molar-refractivity contribution in [2.75, 3.05) is 0 Å². The largest absolute Gasteiger partial charge is 0.545 e. The van der Waals surface area contributed by atoms with Crippen LogP contribution < -0.4 is 5.11 Å². The van der Waals surface area contributed by atoms with Gasteiger partial charge in [0.25, 0.3) is 0 Å². The van der Waals surface area contributed by atoms with Crippen molar-refractivity contribution in [1.29, 1.82) is 0 Å². The minimum absolute atomic E-state index is 0.148. The van der Waals surface area contributed by atoms with Crippen molar-refractivity contribution in [2.45, 2.75) is 0 Å². The third kappa shape index (κ3) is 2.54. The summed E-state index contributed by atoms with van der Waals surface area (Å²) in [5.74, 6) is -1.07. The van der Waals surface area contributed by atoms with Crippen molar-refractivity contribution in [3.8, 4) is 11.4 Å². The van der Waals surface area contributed by atoms with Gasteiger partial charge >= 0.3 is 0 Å². The van der Waals surface area contributed by atoms with Crippen LogP contribution in [0, 0.1) is 0 Å². The summed E-state index contributed by atoms with van der Waals surface area (Å²) < 4.78 is 0. The molecule has 1 aromatic carbocycles. The molecule has 2 aromatic rings. The number of aromatic carboxylic acids is 1. The van der Waals surface area contributed by atoms with Crippen LogP contribution in [0.15, 0.2) is 30.5 Å².